The van der Waals surface area contributed by atoms with E-state index in [9.17, 15) is 0 Å². The molecule has 0 bridgehead atoms. The summed E-state index contributed by atoms with van der Waals surface area (Å²) in [5.74, 6) is 1.90. The number of aryl methyl sites for hydroxylation is 1. The Morgan fingerprint density at radius 1 is 1.29 bits per heavy atom. The number of hydrogen-bond acceptors (Lipinski definition) is 1. The molecule has 0 spiro atoms. The summed E-state index contributed by atoms with van der Waals surface area (Å²) < 4.78 is 5.61. The zero-order chi connectivity index (χ0) is 9.54. The molecule has 3 rings (SSSR count). The molecule has 1 atom stereocenters. The van der Waals surface area contributed by atoms with E-state index in [2.05, 4.69) is 19.1 Å². The second-order valence-electron chi connectivity index (χ2n) is 4.51. The predicted molar refractivity (Wildman–Crippen MR) is 57.0 cm³/mol. The van der Waals surface area contributed by atoms with Gasteiger partial charge in [-0.2, -0.15) is 0 Å². The summed E-state index contributed by atoms with van der Waals surface area (Å²) in [4.78, 5) is 0. The van der Waals surface area contributed by atoms with Gasteiger partial charge in [-0.05, 0) is 42.4 Å². The van der Waals surface area contributed by atoms with Crippen LogP contribution in [-0.2, 0) is 12.8 Å². The van der Waals surface area contributed by atoms with Crippen LogP contribution in [0.3, 0.4) is 0 Å². The first-order chi connectivity index (χ1) is 6.86. The van der Waals surface area contributed by atoms with Crippen molar-refractivity contribution in [1.29, 1.82) is 0 Å². The summed E-state index contributed by atoms with van der Waals surface area (Å²) in [5, 5.41) is 0. The number of benzene rings is 1. The van der Waals surface area contributed by atoms with Crippen molar-refractivity contribution in [2.75, 3.05) is 6.61 Å². The Morgan fingerprint density at radius 3 is 3.14 bits per heavy atom. The summed E-state index contributed by atoms with van der Waals surface area (Å²) in [6.07, 6.45) is 5.10. The van der Waals surface area contributed by atoms with E-state index < -0.39 is 0 Å². The van der Waals surface area contributed by atoms with Crippen LogP contribution in [0.2, 0.25) is 0 Å². The van der Waals surface area contributed by atoms with Gasteiger partial charge in [-0.15, -0.1) is 0 Å². The van der Waals surface area contributed by atoms with Gasteiger partial charge in [-0.25, -0.2) is 0 Å². The maximum atomic E-state index is 5.61. The second kappa shape index (κ2) is 3.01. The molecule has 74 valence electrons. The minimum atomic E-state index is 0.746. The van der Waals surface area contributed by atoms with Crippen LogP contribution in [0.4, 0.5) is 0 Å². The third-order valence-electron chi connectivity index (χ3n) is 3.59. The monoisotopic (exact) mass is 188 g/mol. The molecule has 0 aromatic heterocycles. The van der Waals surface area contributed by atoms with Gasteiger partial charge in [0.1, 0.15) is 5.75 Å². The van der Waals surface area contributed by atoms with E-state index in [0.29, 0.717) is 0 Å². The van der Waals surface area contributed by atoms with E-state index in [-0.39, 0.29) is 0 Å². The third kappa shape index (κ3) is 1.08. The summed E-state index contributed by atoms with van der Waals surface area (Å²) in [7, 11) is 0. The third-order valence-corrected chi connectivity index (χ3v) is 3.59. The van der Waals surface area contributed by atoms with Crippen molar-refractivity contribution >= 4 is 0 Å². The fourth-order valence-electron chi connectivity index (χ4n) is 2.92. The molecule has 1 aliphatic carbocycles. The van der Waals surface area contributed by atoms with Crippen molar-refractivity contribution in [3.05, 3.63) is 28.8 Å². The highest BCUT2D eigenvalue weighted by Crippen LogP contribution is 2.39. The normalized spacial score (nSPS) is 23.9. The van der Waals surface area contributed by atoms with Crippen molar-refractivity contribution in [3.8, 4) is 5.75 Å². The minimum absolute atomic E-state index is 0.746. The van der Waals surface area contributed by atoms with Crippen LogP contribution in [0.15, 0.2) is 12.1 Å². The molecule has 1 nitrogen and oxygen atoms in total. The first-order valence-electron chi connectivity index (χ1n) is 5.63. The lowest BCUT2D eigenvalue weighted by atomic mass is 9.80. The van der Waals surface area contributed by atoms with E-state index >= 15 is 0 Å². The van der Waals surface area contributed by atoms with Gasteiger partial charge < -0.3 is 4.74 Å². The summed E-state index contributed by atoms with van der Waals surface area (Å²) in [6, 6.07) is 4.44. The molecule has 1 heteroatoms. The zero-order valence-corrected chi connectivity index (χ0v) is 8.68. The van der Waals surface area contributed by atoms with Crippen molar-refractivity contribution in [2.45, 2.75) is 38.5 Å². The minimum Gasteiger partial charge on any atom is -0.493 e. The van der Waals surface area contributed by atoms with Gasteiger partial charge >= 0.3 is 0 Å². The lowest BCUT2D eigenvalue weighted by Gasteiger charge is -2.24. The van der Waals surface area contributed by atoms with E-state index in [1.807, 2.05) is 0 Å². The van der Waals surface area contributed by atoms with Gasteiger partial charge in [0.15, 0.2) is 0 Å². The van der Waals surface area contributed by atoms with Crippen molar-refractivity contribution in [3.63, 3.8) is 0 Å². The van der Waals surface area contributed by atoms with Crippen LogP contribution in [0.1, 0.15) is 42.4 Å². The maximum absolute atomic E-state index is 5.61. The van der Waals surface area contributed by atoms with Gasteiger partial charge in [-0.1, -0.05) is 13.0 Å². The predicted octanol–water partition coefficient (Wildman–Crippen LogP) is 3.06. The highest BCUT2D eigenvalue weighted by atomic mass is 16.5. The highest BCUT2D eigenvalue weighted by molar-refractivity contribution is 5.49. The molecule has 1 heterocycles. The maximum Gasteiger partial charge on any atom is 0.122 e. The SMILES string of the molecule is CC1CCCc2ccc3c(c21)CCO3. The van der Waals surface area contributed by atoms with Gasteiger partial charge in [-0.3, -0.25) is 0 Å². The molecular weight excluding hydrogens is 172 g/mol. The zero-order valence-electron chi connectivity index (χ0n) is 8.68. The molecule has 1 aliphatic heterocycles. The van der Waals surface area contributed by atoms with E-state index in [1.165, 1.54) is 24.8 Å². The average molecular weight is 188 g/mol. The Bertz CT molecular complexity index is 368. The van der Waals surface area contributed by atoms with Gasteiger partial charge in [0.25, 0.3) is 0 Å². The molecule has 1 aromatic carbocycles. The number of ether oxygens (including phenoxy) is 1. The molecule has 0 saturated heterocycles. The van der Waals surface area contributed by atoms with E-state index in [0.717, 1.165) is 24.7 Å². The first kappa shape index (κ1) is 8.34. The molecule has 1 aromatic rings. The largest absolute Gasteiger partial charge is 0.493 e. The number of rotatable bonds is 0. The molecule has 0 fully saturated rings. The molecular formula is C13H16O. The molecule has 2 aliphatic rings. The standard InChI is InChI=1S/C13H16O/c1-9-3-2-4-10-5-6-12-11(13(9)10)7-8-14-12/h5-6,9H,2-4,7-8H2,1H3. The van der Waals surface area contributed by atoms with Crippen LogP contribution < -0.4 is 4.74 Å². The Morgan fingerprint density at radius 2 is 2.21 bits per heavy atom. The first-order valence-corrected chi connectivity index (χ1v) is 5.63. The molecule has 1 unspecified atom stereocenters. The van der Waals surface area contributed by atoms with Gasteiger partial charge in [0, 0.05) is 12.0 Å². The van der Waals surface area contributed by atoms with Crippen LogP contribution in [-0.4, -0.2) is 6.61 Å². The molecule has 0 radical (unpaired) electrons. The fraction of sp³-hybridized carbons (Fsp3) is 0.538. The van der Waals surface area contributed by atoms with Crippen molar-refractivity contribution in [2.24, 2.45) is 0 Å². The Balaban J connectivity index is 2.19. The van der Waals surface area contributed by atoms with Crippen LogP contribution in [0.25, 0.3) is 0 Å². The number of hydrogen-bond donors (Lipinski definition) is 0. The molecule has 0 saturated carbocycles. The van der Waals surface area contributed by atoms with Gasteiger partial charge in [0.05, 0.1) is 6.61 Å². The molecule has 0 N–H and O–H groups in total. The molecule has 14 heavy (non-hydrogen) atoms. The summed E-state index contributed by atoms with van der Waals surface area (Å²) in [5.41, 5.74) is 4.70. The second-order valence-corrected chi connectivity index (χ2v) is 4.51. The van der Waals surface area contributed by atoms with E-state index in [4.69, 9.17) is 4.74 Å². The fourth-order valence-corrected chi connectivity index (χ4v) is 2.92. The Labute approximate surface area is 85.1 Å². The quantitative estimate of drug-likeness (QED) is 0.608. The summed E-state index contributed by atoms with van der Waals surface area (Å²) in [6.45, 7) is 3.25. The van der Waals surface area contributed by atoms with Crippen LogP contribution in [0, 0.1) is 0 Å². The van der Waals surface area contributed by atoms with Crippen LogP contribution in [0.5, 0.6) is 5.75 Å². The Hall–Kier alpha value is -0.980. The lowest BCUT2D eigenvalue weighted by molar-refractivity contribution is 0.356. The van der Waals surface area contributed by atoms with Crippen molar-refractivity contribution < 1.29 is 4.74 Å². The Kier molecular flexibility index (Phi) is 1.79. The topological polar surface area (TPSA) is 9.23 Å². The van der Waals surface area contributed by atoms with Crippen LogP contribution >= 0.6 is 0 Å². The average Bonchev–Trinajstić information content (AvgIpc) is 2.65. The molecule has 0 amide bonds. The highest BCUT2D eigenvalue weighted by Gasteiger charge is 2.24. The van der Waals surface area contributed by atoms with E-state index in [1.54, 1.807) is 11.1 Å². The lowest BCUT2D eigenvalue weighted by Crippen LogP contribution is -2.09. The van der Waals surface area contributed by atoms with Crippen molar-refractivity contribution in [1.82, 2.24) is 0 Å². The van der Waals surface area contributed by atoms with Gasteiger partial charge in [0.2, 0.25) is 0 Å². The summed E-state index contributed by atoms with van der Waals surface area (Å²) >= 11 is 0. The smallest absolute Gasteiger partial charge is 0.122 e. The number of fused-ring (bicyclic) bond motifs is 3.